The lowest BCUT2D eigenvalue weighted by atomic mass is 10.2. The van der Waals surface area contributed by atoms with E-state index < -0.39 is 6.29 Å². The van der Waals surface area contributed by atoms with Crippen LogP contribution in [0.15, 0.2) is 12.1 Å². The molecule has 1 aromatic carbocycles. The highest BCUT2D eigenvalue weighted by molar-refractivity contribution is 5.66. The minimum Gasteiger partial charge on any atom is -0.395 e. The highest BCUT2D eigenvalue weighted by Crippen LogP contribution is 2.47. The molecule has 0 saturated heterocycles. The van der Waals surface area contributed by atoms with Crippen LogP contribution in [0.4, 0.5) is 14.5 Å². The lowest BCUT2D eigenvalue weighted by Crippen LogP contribution is -2.26. The summed E-state index contributed by atoms with van der Waals surface area (Å²) in [6, 6.07) is 3.36. The Bertz CT molecular complexity index is 379. The van der Waals surface area contributed by atoms with Gasteiger partial charge in [0.2, 0.25) is 0 Å². The summed E-state index contributed by atoms with van der Waals surface area (Å²) in [6.45, 7) is 1.68. The van der Waals surface area contributed by atoms with Gasteiger partial charge in [0, 0.05) is 7.05 Å². The van der Waals surface area contributed by atoms with Gasteiger partial charge in [-0.3, -0.25) is 0 Å². The van der Waals surface area contributed by atoms with E-state index in [4.69, 9.17) is 0 Å². The summed E-state index contributed by atoms with van der Waals surface area (Å²) in [5, 5.41) is 2.75. The highest BCUT2D eigenvalue weighted by atomic mass is 19.3. The number of halogens is 2. The predicted octanol–water partition coefficient (Wildman–Crippen LogP) is 2.36. The Balaban J connectivity index is 2.53. The van der Waals surface area contributed by atoms with Crippen molar-refractivity contribution in [1.29, 1.82) is 0 Å². The molecule has 1 aliphatic heterocycles. The van der Waals surface area contributed by atoms with Gasteiger partial charge in [-0.25, -0.2) is 0 Å². The van der Waals surface area contributed by atoms with Crippen LogP contribution in [0.5, 0.6) is 11.5 Å². The minimum atomic E-state index is -3.56. The lowest BCUT2D eigenvalue weighted by Gasteiger charge is -2.06. The van der Waals surface area contributed by atoms with E-state index in [-0.39, 0.29) is 11.5 Å². The number of anilines is 1. The van der Waals surface area contributed by atoms with E-state index in [0.29, 0.717) is 11.3 Å². The van der Waals surface area contributed by atoms with Crippen LogP contribution in [0.1, 0.15) is 5.56 Å². The van der Waals surface area contributed by atoms with Crippen LogP contribution in [0.25, 0.3) is 0 Å². The van der Waals surface area contributed by atoms with Gasteiger partial charge in [-0.05, 0) is 18.6 Å². The molecular weight excluding hydrogens is 192 g/mol. The van der Waals surface area contributed by atoms with E-state index in [1.807, 2.05) is 0 Å². The van der Waals surface area contributed by atoms with Crippen molar-refractivity contribution in [3.8, 4) is 11.5 Å². The molecule has 0 spiro atoms. The van der Waals surface area contributed by atoms with Crippen LogP contribution >= 0.6 is 0 Å². The number of rotatable bonds is 1. The zero-order valence-corrected chi connectivity index (χ0v) is 7.73. The van der Waals surface area contributed by atoms with Crippen molar-refractivity contribution in [3.05, 3.63) is 17.7 Å². The molecule has 1 aromatic rings. The molecule has 0 radical (unpaired) electrons. The van der Waals surface area contributed by atoms with Crippen molar-refractivity contribution in [2.24, 2.45) is 0 Å². The molecule has 5 heteroatoms. The van der Waals surface area contributed by atoms with Gasteiger partial charge < -0.3 is 14.8 Å². The molecule has 3 nitrogen and oxygen atoms in total. The molecule has 0 saturated carbocycles. The number of alkyl halides is 2. The fourth-order valence-corrected chi connectivity index (χ4v) is 1.34. The molecular formula is C9H9F2NO2. The lowest BCUT2D eigenvalue weighted by molar-refractivity contribution is -0.286. The molecule has 0 atom stereocenters. The minimum absolute atomic E-state index is 0.0671. The molecule has 1 aliphatic rings. The first-order chi connectivity index (χ1) is 6.53. The normalized spacial score (nSPS) is 16.9. The standard InChI is InChI=1S/C9H9F2NO2/c1-5-3-4-6(12-2)8-7(5)13-9(10,11)14-8/h3-4,12H,1-2H3. The quantitative estimate of drug-likeness (QED) is 0.756. The molecule has 0 bridgehead atoms. The highest BCUT2D eigenvalue weighted by Gasteiger charge is 2.45. The molecule has 1 N–H and O–H groups in total. The van der Waals surface area contributed by atoms with Crippen LogP contribution in [-0.4, -0.2) is 13.3 Å². The average molecular weight is 201 g/mol. The topological polar surface area (TPSA) is 30.5 Å². The van der Waals surface area contributed by atoms with Crippen LogP contribution in [0, 0.1) is 6.92 Å². The van der Waals surface area contributed by atoms with Crippen molar-refractivity contribution in [2.75, 3.05) is 12.4 Å². The second-order valence-electron chi connectivity index (χ2n) is 3.01. The zero-order valence-electron chi connectivity index (χ0n) is 7.73. The zero-order chi connectivity index (χ0) is 10.3. The molecule has 0 fully saturated rings. The van der Waals surface area contributed by atoms with Crippen molar-refractivity contribution in [3.63, 3.8) is 0 Å². The van der Waals surface area contributed by atoms with Gasteiger partial charge in [-0.2, -0.15) is 0 Å². The summed E-state index contributed by atoms with van der Waals surface area (Å²) in [6.07, 6.45) is -3.56. The Morgan fingerprint density at radius 2 is 1.86 bits per heavy atom. The Hall–Kier alpha value is -1.52. The van der Waals surface area contributed by atoms with Gasteiger partial charge in [0.1, 0.15) is 0 Å². The molecule has 1 heterocycles. The van der Waals surface area contributed by atoms with Gasteiger partial charge in [-0.15, -0.1) is 8.78 Å². The molecule has 14 heavy (non-hydrogen) atoms. The number of benzene rings is 1. The maximum atomic E-state index is 12.8. The molecule has 76 valence electrons. The van der Waals surface area contributed by atoms with E-state index in [2.05, 4.69) is 14.8 Å². The number of aryl methyl sites for hydroxylation is 1. The van der Waals surface area contributed by atoms with Crippen molar-refractivity contribution < 1.29 is 18.3 Å². The van der Waals surface area contributed by atoms with Crippen LogP contribution in [0.2, 0.25) is 0 Å². The van der Waals surface area contributed by atoms with E-state index in [1.165, 1.54) is 0 Å². The largest absolute Gasteiger partial charge is 0.586 e. The molecule has 0 aromatic heterocycles. The SMILES string of the molecule is CNc1ccc(C)c2c1OC(F)(F)O2. The second-order valence-corrected chi connectivity index (χ2v) is 3.01. The Kier molecular flexibility index (Phi) is 1.77. The third kappa shape index (κ3) is 1.25. The maximum Gasteiger partial charge on any atom is 0.586 e. The van der Waals surface area contributed by atoms with E-state index in [0.717, 1.165) is 0 Å². The third-order valence-corrected chi connectivity index (χ3v) is 2.02. The fraction of sp³-hybridized carbons (Fsp3) is 0.333. The first kappa shape index (κ1) is 9.05. The molecule has 0 unspecified atom stereocenters. The smallest absolute Gasteiger partial charge is 0.395 e. The summed E-state index contributed by atoms with van der Waals surface area (Å²) in [7, 11) is 1.63. The van der Waals surface area contributed by atoms with E-state index in [9.17, 15) is 8.78 Å². The average Bonchev–Trinajstić information content (AvgIpc) is 2.42. The summed E-state index contributed by atoms with van der Waals surface area (Å²) >= 11 is 0. The maximum absolute atomic E-state index is 12.8. The summed E-state index contributed by atoms with van der Waals surface area (Å²) < 4.78 is 34.3. The van der Waals surface area contributed by atoms with E-state index in [1.54, 1.807) is 26.1 Å². The van der Waals surface area contributed by atoms with Crippen molar-refractivity contribution >= 4 is 5.69 Å². The molecule has 0 amide bonds. The summed E-state index contributed by atoms with van der Waals surface area (Å²) in [5.41, 5.74) is 1.11. The van der Waals surface area contributed by atoms with Gasteiger partial charge in [-0.1, -0.05) is 6.07 Å². The fourth-order valence-electron chi connectivity index (χ4n) is 1.34. The van der Waals surface area contributed by atoms with Gasteiger partial charge in [0.25, 0.3) is 0 Å². The molecule has 2 rings (SSSR count). The van der Waals surface area contributed by atoms with Crippen molar-refractivity contribution in [2.45, 2.75) is 13.2 Å². The third-order valence-electron chi connectivity index (χ3n) is 2.02. The van der Waals surface area contributed by atoms with Crippen LogP contribution in [-0.2, 0) is 0 Å². The van der Waals surface area contributed by atoms with E-state index >= 15 is 0 Å². The predicted molar refractivity (Wildman–Crippen MR) is 46.9 cm³/mol. The van der Waals surface area contributed by atoms with Gasteiger partial charge >= 0.3 is 6.29 Å². The Morgan fingerprint density at radius 1 is 1.21 bits per heavy atom. The first-order valence-corrected chi connectivity index (χ1v) is 4.11. The number of hydrogen-bond donors (Lipinski definition) is 1. The van der Waals surface area contributed by atoms with Gasteiger partial charge in [0.05, 0.1) is 5.69 Å². The second kappa shape index (κ2) is 2.73. The molecule has 0 aliphatic carbocycles. The van der Waals surface area contributed by atoms with Crippen molar-refractivity contribution in [1.82, 2.24) is 0 Å². The number of hydrogen-bond acceptors (Lipinski definition) is 3. The summed E-state index contributed by atoms with van der Waals surface area (Å²) in [5.74, 6) is 0.166. The number of ether oxygens (including phenoxy) is 2. The monoisotopic (exact) mass is 201 g/mol. The summed E-state index contributed by atoms with van der Waals surface area (Å²) in [4.78, 5) is 0. The Morgan fingerprint density at radius 3 is 2.50 bits per heavy atom. The number of nitrogens with one attached hydrogen (secondary N) is 1. The van der Waals surface area contributed by atoms with Gasteiger partial charge in [0.15, 0.2) is 11.5 Å². The Labute approximate surface area is 79.6 Å². The van der Waals surface area contributed by atoms with Crippen LogP contribution < -0.4 is 14.8 Å². The first-order valence-electron chi connectivity index (χ1n) is 4.11. The van der Waals surface area contributed by atoms with Crippen LogP contribution in [0.3, 0.4) is 0 Å². The number of fused-ring (bicyclic) bond motifs is 1.